The predicted molar refractivity (Wildman–Crippen MR) is 105 cm³/mol. The number of aryl methyl sites for hydroxylation is 1. The smallest absolute Gasteiger partial charge is 0.260 e. The number of fused-ring (bicyclic) bond motifs is 3. The van der Waals surface area contributed by atoms with Crippen molar-refractivity contribution < 1.29 is 4.79 Å². The fraction of sp³-hybridized carbons (Fsp3) is 0.350. The number of carbonyl (C=O) groups is 1. The van der Waals surface area contributed by atoms with E-state index in [0.29, 0.717) is 17.3 Å². The molecular weight excluding hydrogens is 346 g/mol. The van der Waals surface area contributed by atoms with Crippen LogP contribution in [0.5, 0.6) is 0 Å². The molecule has 0 radical (unpaired) electrons. The van der Waals surface area contributed by atoms with E-state index in [2.05, 4.69) is 17.2 Å². The van der Waals surface area contributed by atoms with Crippen molar-refractivity contribution in [2.24, 2.45) is 5.92 Å². The lowest BCUT2D eigenvalue weighted by atomic mass is 9.86. The highest BCUT2D eigenvalue weighted by Gasteiger charge is 2.24. The average molecular weight is 367 g/mol. The molecule has 0 aliphatic heterocycles. The molecule has 2 N–H and O–H groups in total. The van der Waals surface area contributed by atoms with Crippen LogP contribution in [-0.4, -0.2) is 22.9 Å². The first kappa shape index (κ1) is 17.0. The highest BCUT2D eigenvalue weighted by Crippen LogP contribution is 2.37. The summed E-state index contributed by atoms with van der Waals surface area (Å²) in [5, 5.41) is 3.37. The Balaban J connectivity index is 1.76. The zero-order chi connectivity index (χ0) is 18.3. The second-order valence-electron chi connectivity index (χ2n) is 6.77. The van der Waals surface area contributed by atoms with Gasteiger partial charge in [0.2, 0.25) is 0 Å². The molecule has 0 saturated carbocycles. The maximum atomic E-state index is 12.7. The molecule has 1 amide bonds. The number of hydrogen-bond donors (Lipinski definition) is 2. The summed E-state index contributed by atoms with van der Waals surface area (Å²) in [6, 6.07) is 7.11. The van der Waals surface area contributed by atoms with Gasteiger partial charge in [0.25, 0.3) is 11.5 Å². The normalized spacial score (nSPS) is 16.5. The van der Waals surface area contributed by atoms with Gasteiger partial charge in [-0.2, -0.15) is 0 Å². The minimum Gasteiger partial charge on any atom is -0.355 e. The minimum absolute atomic E-state index is 0.0622. The maximum Gasteiger partial charge on any atom is 0.260 e. The molecule has 0 bridgehead atoms. The van der Waals surface area contributed by atoms with E-state index in [1.165, 1.54) is 16.9 Å². The Hall–Kier alpha value is -2.47. The van der Waals surface area contributed by atoms with Gasteiger partial charge < -0.3 is 10.3 Å². The van der Waals surface area contributed by atoms with Crippen LogP contribution in [0.2, 0.25) is 0 Å². The van der Waals surface area contributed by atoms with Crippen LogP contribution in [0.4, 0.5) is 0 Å². The van der Waals surface area contributed by atoms with Crippen LogP contribution in [0.25, 0.3) is 21.6 Å². The Kier molecular flexibility index (Phi) is 4.36. The summed E-state index contributed by atoms with van der Waals surface area (Å²) in [6.45, 7) is 2.23. The van der Waals surface area contributed by atoms with Gasteiger partial charge in [-0.25, -0.2) is 4.98 Å². The Labute approximate surface area is 155 Å². The van der Waals surface area contributed by atoms with E-state index < -0.39 is 0 Å². The van der Waals surface area contributed by atoms with Crippen molar-refractivity contribution >= 4 is 27.5 Å². The highest BCUT2D eigenvalue weighted by atomic mass is 32.1. The van der Waals surface area contributed by atoms with E-state index in [-0.39, 0.29) is 11.5 Å². The molecule has 26 heavy (non-hydrogen) atoms. The highest BCUT2D eigenvalue weighted by molar-refractivity contribution is 7.18. The molecular formula is C20H21N3O2S. The Morgan fingerprint density at radius 2 is 2.12 bits per heavy atom. The fourth-order valence-electron chi connectivity index (χ4n) is 3.66. The van der Waals surface area contributed by atoms with Crippen molar-refractivity contribution in [2.75, 3.05) is 7.05 Å². The second kappa shape index (κ2) is 6.68. The van der Waals surface area contributed by atoms with Gasteiger partial charge in [-0.1, -0.05) is 25.5 Å². The molecule has 4 rings (SSSR count). The van der Waals surface area contributed by atoms with Gasteiger partial charge in [-0.05, 0) is 42.9 Å². The largest absolute Gasteiger partial charge is 0.355 e. The molecule has 1 aliphatic carbocycles. The number of nitrogens with zero attached hydrogens (tertiary/aromatic N) is 1. The third-order valence-electron chi connectivity index (χ3n) is 5.25. The fourth-order valence-corrected chi connectivity index (χ4v) is 5.00. The van der Waals surface area contributed by atoms with Crippen molar-refractivity contribution in [3.8, 4) is 11.4 Å². The topological polar surface area (TPSA) is 74.8 Å². The third-order valence-corrected chi connectivity index (χ3v) is 6.39. The van der Waals surface area contributed by atoms with Crippen molar-refractivity contribution in [1.29, 1.82) is 0 Å². The Bertz CT molecular complexity index is 1030. The molecule has 0 fully saturated rings. The summed E-state index contributed by atoms with van der Waals surface area (Å²) in [7, 11) is 1.60. The summed E-state index contributed by atoms with van der Waals surface area (Å²) >= 11 is 1.66. The van der Waals surface area contributed by atoms with Crippen LogP contribution < -0.4 is 10.9 Å². The van der Waals surface area contributed by atoms with Crippen molar-refractivity contribution in [3.63, 3.8) is 0 Å². The maximum absolute atomic E-state index is 12.7. The summed E-state index contributed by atoms with van der Waals surface area (Å²) in [4.78, 5) is 34.2. The first-order valence-corrected chi connectivity index (χ1v) is 9.79. The van der Waals surface area contributed by atoms with Gasteiger partial charge in [0.1, 0.15) is 10.7 Å². The van der Waals surface area contributed by atoms with Crippen molar-refractivity contribution in [2.45, 2.75) is 32.6 Å². The van der Waals surface area contributed by atoms with Crippen LogP contribution in [0, 0.1) is 5.92 Å². The van der Waals surface area contributed by atoms with Gasteiger partial charge in [-0.15, -0.1) is 11.3 Å². The second-order valence-corrected chi connectivity index (χ2v) is 7.86. The molecule has 0 saturated heterocycles. The number of rotatable bonds is 3. The van der Waals surface area contributed by atoms with E-state index >= 15 is 0 Å². The van der Waals surface area contributed by atoms with E-state index in [1.807, 2.05) is 12.1 Å². The van der Waals surface area contributed by atoms with Crippen molar-refractivity contribution in [1.82, 2.24) is 15.3 Å². The monoisotopic (exact) mass is 367 g/mol. The Morgan fingerprint density at radius 3 is 2.81 bits per heavy atom. The number of hydrogen-bond acceptors (Lipinski definition) is 4. The lowest BCUT2D eigenvalue weighted by molar-refractivity contribution is 0.0963. The van der Waals surface area contributed by atoms with Gasteiger partial charge in [-0.3, -0.25) is 9.59 Å². The zero-order valence-corrected chi connectivity index (χ0v) is 15.7. The number of aromatic nitrogens is 2. The number of nitrogens with one attached hydrogen (secondary N) is 2. The SMILES string of the molecule is CC[C@@H]1CCc2c(sc3nc(-c4ccc(C(=O)NC)cc4)[nH]c(=O)c23)C1. The number of thiophene rings is 1. The first-order valence-electron chi connectivity index (χ1n) is 8.97. The standard InChI is InChI=1S/C20H21N3O2S/c1-3-11-4-9-14-15(10-11)26-20-16(14)19(25)22-17(23-20)12-5-7-13(8-6-12)18(24)21-2/h5-8,11H,3-4,9-10H2,1-2H3,(H,21,24)(H,22,23,25)/t11-/m1/s1. The molecule has 1 aliphatic rings. The van der Waals surface area contributed by atoms with Gasteiger partial charge in [0.15, 0.2) is 0 Å². The third kappa shape index (κ3) is 2.84. The summed E-state index contributed by atoms with van der Waals surface area (Å²) < 4.78 is 0. The number of aromatic amines is 1. The molecule has 0 spiro atoms. The van der Waals surface area contributed by atoms with E-state index in [1.54, 1.807) is 30.5 Å². The van der Waals surface area contributed by atoms with Crippen LogP contribution in [-0.2, 0) is 12.8 Å². The van der Waals surface area contributed by atoms with Crippen LogP contribution >= 0.6 is 11.3 Å². The van der Waals surface area contributed by atoms with Crippen LogP contribution in [0.1, 0.15) is 40.6 Å². The lowest BCUT2D eigenvalue weighted by Gasteiger charge is -2.20. The summed E-state index contributed by atoms with van der Waals surface area (Å²) in [6.07, 6.45) is 4.36. The zero-order valence-electron chi connectivity index (χ0n) is 14.9. The molecule has 134 valence electrons. The number of carbonyl (C=O) groups excluding carboxylic acids is 1. The average Bonchev–Trinajstić information content (AvgIpc) is 3.05. The van der Waals surface area contributed by atoms with E-state index in [9.17, 15) is 9.59 Å². The molecule has 1 atom stereocenters. The molecule has 2 aromatic heterocycles. The van der Waals surface area contributed by atoms with Crippen LogP contribution in [0.15, 0.2) is 29.1 Å². The number of H-pyrrole nitrogens is 1. The van der Waals surface area contributed by atoms with Gasteiger partial charge in [0.05, 0.1) is 5.39 Å². The Morgan fingerprint density at radius 1 is 1.35 bits per heavy atom. The summed E-state index contributed by atoms with van der Waals surface area (Å²) in [5.41, 5.74) is 2.52. The lowest BCUT2D eigenvalue weighted by Crippen LogP contribution is -2.17. The van der Waals surface area contributed by atoms with Crippen LogP contribution in [0.3, 0.4) is 0 Å². The van der Waals surface area contributed by atoms with E-state index in [0.717, 1.165) is 35.0 Å². The van der Waals surface area contributed by atoms with Gasteiger partial charge >= 0.3 is 0 Å². The molecule has 5 nitrogen and oxygen atoms in total. The molecule has 3 aromatic rings. The minimum atomic E-state index is -0.134. The summed E-state index contributed by atoms with van der Waals surface area (Å²) in [5.74, 6) is 1.13. The quantitative estimate of drug-likeness (QED) is 0.744. The number of benzene rings is 1. The van der Waals surface area contributed by atoms with Gasteiger partial charge in [0, 0.05) is 23.1 Å². The van der Waals surface area contributed by atoms with E-state index in [4.69, 9.17) is 4.98 Å². The van der Waals surface area contributed by atoms with Crippen molar-refractivity contribution in [3.05, 3.63) is 50.6 Å². The molecule has 6 heteroatoms. The predicted octanol–water partition coefficient (Wildman–Crippen LogP) is 3.53. The number of amides is 1. The molecule has 0 unspecified atom stereocenters. The first-order chi connectivity index (χ1) is 12.6. The molecule has 1 aromatic carbocycles. The molecule has 2 heterocycles.